The lowest BCUT2D eigenvalue weighted by molar-refractivity contribution is -0.184. The largest absolute Gasteiger partial charge is 0.430 e. The van der Waals surface area contributed by atoms with Gasteiger partial charge >= 0.3 is 5.97 Å². The zero-order valence-corrected chi connectivity index (χ0v) is 7.52. The van der Waals surface area contributed by atoms with Crippen molar-refractivity contribution in [3.63, 3.8) is 0 Å². The average Bonchev–Trinajstić information content (AvgIpc) is 2.11. The fourth-order valence-corrected chi connectivity index (χ4v) is 0.528. The van der Waals surface area contributed by atoms with Crippen LogP contribution in [0.1, 0.15) is 6.92 Å². The molecule has 1 unspecified atom stereocenters. The molecular weight excluding hydrogens is 176 g/mol. The molecule has 0 aromatic carbocycles. The van der Waals surface area contributed by atoms with E-state index in [1.54, 1.807) is 0 Å². The van der Waals surface area contributed by atoms with Gasteiger partial charge in [-0.1, -0.05) is 6.58 Å². The summed E-state index contributed by atoms with van der Waals surface area (Å²) in [4.78, 5) is 10.9. The Labute approximate surface area is 76.6 Å². The maximum Gasteiger partial charge on any atom is 0.335 e. The summed E-state index contributed by atoms with van der Waals surface area (Å²) in [6.07, 6.45) is -1.03. The molecule has 0 spiro atoms. The Hall–Kier alpha value is -0.910. The Bertz CT molecular complexity index is 177. The highest BCUT2D eigenvalue weighted by atomic mass is 16.7. The van der Waals surface area contributed by atoms with Gasteiger partial charge in [0.15, 0.2) is 0 Å². The molecule has 0 aliphatic carbocycles. The van der Waals surface area contributed by atoms with E-state index in [9.17, 15) is 4.79 Å². The fraction of sp³-hybridized carbons (Fsp3) is 0.625. The molecule has 0 aliphatic heterocycles. The van der Waals surface area contributed by atoms with Crippen molar-refractivity contribution in [2.75, 3.05) is 19.8 Å². The molecule has 0 saturated heterocycles. The van der Waals surface area contributed by atoms with Gasteiger partial charge in [0.05, 0.1) is 13.2 Å². The second-order valence-corrected chi connectivity index (χ2v) is 2.39. The van der Waals surface area contributed by atoms with Crippen LogP contribution in [0.2, 0.25) is 0 Å². The number of carbonyl (C=O) groups excluding carboxylic acids is 1. The van der Waals surface area contributed by atoms with E-state index < -0.39 is 18.9 Å². The van der Waals surface area contributed by atoms with Gasteiger partial charge in [-0.3, -0.25) is 0 Å². The highest BCUT2D eigenvalue weighted by Crippen LogP contribution is 1.99. The summed E-state index contributed by atoms with van der Waals surface area (Å²) in [6, 6.07) is 0. The smallest absolute Gasteiger partial charge is 0.335 e. The maximum absolute atomic E-state index is 10.9. The van der Waals surface area contributed by atoms with Gasteiger partial charge in [0.1, 0.15) is 6.61 Å². The number of rotatable bonds is 6. The van der Waals surface area contributed by atoms with E-state index in [1.807, 2.05) is 0 Å². The minimum absolute atomic E-state index is 0.00863. The fourth-order valence-electron chi connectivity index (χ4n) is 0.528. The summed E-state index contributed by atoms with van der Waals surface area (Å²) in [6.45, 7) is 4.22. The van der Waals surface area contributed by atoms with Crippen LogP contribution in [-0.2, 0) is 14.3 Å². The van der Waals surface area contributed by atoms with Crippen LogP contribution in [0, 0.1) is 0 Å². The first-order valence-electron chi connectivity index (χ1n) is 3.81. The minimum Gasteiger partial charge on any atom is -0.430 e. The van der Waals surface area contributed by atoms with E-state index in [1.165, 1.54) is 6.92 Å². The Morgan fingerprint density at radius 1 is 1.54 bits per heavy atom. The molecular formula is C8H14O5. The molecule has 5 nitrogen and oxygen atoms in total. The summed E-state index contributed by atoms with van der Waals surface area (Å²) in [7, 11) is 0. The molecule has 0 fully saturated rings. The minimum atomic E-state index is -1.03. The van der Waals surface area contributed by atoms with E-state index in [4.69, 9.17) is 14.9 Å². The predicted octanol–water partition coefficient (Wildman–Crippen LogP) is -0.567. The first kappa shape index (κ1) is 12.1. The highest BCUT2D eigenvalue weighted by molar-refractivity contribution is 5.86. The van der Waals surface area contributed by atoms with Gasteiger partial charge in [0.25, 0.3) is 0 Å². The van der Waals surface area contributed by atoms with Crippen LogP contribution in [0.25, 0.3) is 0 Å². The molecule has 0 rings (SSSR count). The van der Waals surface area contributed by atoms with Gasteiger partial charge in [0.2, 0.25) is 6.29 Å². The number of aliphatic hydroxyl groups is 2. The van der Waals surface area contributed by atoms with Crippen molar-refractivity contribution in [2.24, 2.45) is 0 Å². The normalized spacial score (nSPS) is 12.2. The molecule has 0 bridgehead atoms. The van der Waals surface area contributed by atoms with Gasteiger partial charge < -0.3 is 19.7 Å². The summed E-state index contributed by atoms with van der Waals surface area (Å²) in [5.41, 5.74) is 0.228. The standard InChI is InChI=1S/C8H14O5/c1-6(2)8(11)13-7(5-10)12-4-3-9/h7,9-10H,1,3-5H2,2H3. The molecule has 0 heterocycles. The van der Waals surface area contributed by atoms with Gasteiger partial charge in [-0.2, -0.15) is 0 Å². The van der Waals surface area contributed by atoms with E-state index in [-0.39, 0.29) is 18.8 Å². The summed E-state index contributed by atoms with van der Waals surface area (Å²) in [5, 5.41) is 17.1. The molecule has 76 valence electrons. The van der Waals surface area contributed by atoms with E-state index in [0.29, 0.717) is 0 Å². The first-order valence-corrected chi connectivity index (χ1v) is 3.81. The number of ether oxygens (including phenoxy) is 2. The van der Waals surface area contributed by atoms with Crippen molar-refractivity contribution >= 4 is 5.97 Å². The van der Waals surface area contributed by atoms with Crippen LogP contribution in [0.3, 0.4) is 0 Å². The topological polar surface area (TPSA) is 76.0 Å². The number of esters is 1. The van der Waals surface area contributed by atoms with E-state index >= 15 is 0 Å². The van der Waals surface area contributed by atoms with Crippen LogP contribution in [0.5, 0.6) is 0 Å². The third-order valence-electron chi connectivity index (χ3n) is 1.13. The summed E-state index contributed by atoms with van der Waals surface area (Å²) < 4.78 is 9.42. The van der Waals surface area contributed by atoms with Crippen LogP contribution < -0.4 is 0 Å². The third kappa shape index (κ3) is 5.35. The van der Waals surface area contributed by atoms with Crippen molar-refractivity contribution in [3.05, 3.63) is 12.2 Å². The molecule has 5 heteroatoms. The zero-order valence-electron chi connectivity index (χ0n) is 7.52. The van der Waals surface area contributed by atoms with Crippen LogP contribution in [0.4, 0.5) is 0 Å². The number of carbonyl (C=O) groups is 1. The number of hydrogen-bond acceptors (Lipinski definition) is 5. The molecule has 0 amide bonds. The Kier molecular flexibility index (Phi) is 6.13. The predicted molar refractivity (Wildman–Crippen MR) is 44.8 cm³/mol. The number of hydrogen-bond donors (Lipinski definition) is 2. The second-order valence-electron chi connectivity index (χ2n) is 2.39. The molecule has 0 saturated carbocycles. The maximum atomic E-state index is 10.9. The zero-order chi connectivity index (χ0) is 10.3. The van der Waals surface area contributed by atoms with Crippen molar-refractivity contribution in [1.29, 1.82) is 0 Å². The van der Waals surface area contributed by atoms with Gasteiger partial charge in [0, 0.05) is 5.57 Å². The lowest BCUT2D eigenvalue weighted by atomic mass is 10.4. The highest BCUT2D eigenvalue weighted by Gasteiger charge is 2.13. The van der Waals surface area contributed by atoms with E-state index in [0.717, 1.165) is 0 Å². The van der Waals surface area contributed by atoms with Crippen molar-refractivity contribution in [1.82, 2.24) is 0 Å². The quantitative estimate of drug-likeness (QED) is 0.333. The Morgan fingerprint density at radius 3 is 2.54 bits per heavy atom. The Morgan fingerprint density at radius 2 is 2.15 bits per heavy atom. The Balaban J connectivity index is 3.83. The van der Waals surface area contributed by atoms with E-state index in [2.05, 4.69) is 11.3 Å². The molecule has 0 aromatic rings. The van der Waals surface area contributed by atoms with Crippen molar-refractivity contribution in [3.8, 4) is 0 Å². The van der Waals surface area contributed by atoms with Gasteiger partial charge in [-0.25, -0.2) is 4.79 Å². The molecule has 13 heavy (non-hydrogen) atoms. The molecule has 1 atom stereocenters. The van der Waals surface area contributed by atoms with Crippen LogP contribution in [-0.4, -0.2) is 42.3 Å². The number of aliphatic hydroxyl groups excluding tert-OH is 2. The average molecular weight is 190 g/mol. The van der Waals surface area contributed by atoms with Crippen LogP contribution >= 0.6 is 0 Å². The lowest BCUT2D eigenvalue weighted by Crippen LogP contribution is -2.26. The monoisotopic (exact) mass is 190 g/mol. The van der Waals surface area contributed by atoms with Crippen molar-refractivity contribution < 1.29 is 24.5 Å². The SMILES string of the molecule is C=C(C)C(=O)OC(CO)OCCO. The van der Waals surface area contributed by atoms with Gasteiger partial charge in [-0.15, -0.1) is 0 Å². The summed E-state index contributed by atoms with van der Waals surface area (Å²) >= 11 is 0. The molecule has 2 N–H and O–H groups in total. The van der Waals surface area contributed by atoms with Crippen molar-refractivity contribution in [2.45, 2.75) is 13.2 Å². The second kappa shape index (κ2) is 6.59. The van der Waals surface area contributed by atoms with Gasteiger partial charge in [-0.05, 0) is 6.92 Å². The lowest BCUT2D eigenvalue weighted by Gasteiger charge is -2.15. The first-order chi connectivity index (χ1) is 6.11. The van der Waals surface area contributed by atoms with Crippen LogP contribution in [0.15, 0.2) is 12.2 Å². The molecule has 0 aliphatic rings. The molecule has 0 radical (unpaired) electrons. The third-order valence-corrected chi connectivity index (χ3v) is 1.13. The summed E-state index contributed by atoms with van der Waals surface area (Å²) in [5.74, 6) is -0.628. The molecule has 0 aromatic heterocycles.